The van der Waals surface area contributed by atoms with Crippen LogP contribution in [0.15, 0.2) is 30.3 Å². The maximum absolute atomic E-state index is 12.0. The molecule has 0 radical (unpaired) electrons. The predicted molar refractivity (Wildman–Crippen MR) is 76.5 cm³/mol. The number of carbonyl (C=O) groups is 1. The summed E-state index contributed by atoms with van der Waals surface area (Å²) >= 11 is 4.43. The summed E-state index contributed by atoms with van der Waals surface area (Å²) in [6.07, 6.45) is 0.552. The third-order valence-electron chi connectivity index (χ3n) is 2.33. The molecule has 0 fully saturated rings. The fraction of sp³-hybridized carbons (Fsp3) is 0.500. The maximum Gasteiger partial charge on any atom is 0.259 e. The lowest BCUT2D eigenvalue weighted by Gasteiger charge is -2.26. The van der Waals surface area contributed by atoms with Crippen LogP contribution in [0.1, 0.15) is 33.3 Å². The number of benzene rings is 1. The Hall–Kier alpha value is -1.00. The van der Waals surface area contributed by atoms with Crippen LogP contribution in [0.5, 0.6) is 0 Å². The molecule has 0 aromatic heterocycles. The van der Waals surface area contributed by atoms with Crippen LogP contribution in [0.25, 0.3) is 0 Å². The molecule has 0 spiro atoms. The zero-order valence-corrected chi connectivity index (χ0v) is 12.3. The smallest absolute Gasteiger partial charge is 0.259 e. The summed E-state index contributed by atoms with van der Waals surface area (Å²) in [6.45, 7) is 7.41. The lowest BCUT2D eigenvalue weighted by Crippen LogP contribution is -2.44. The van der Waals surface area contributed by atoms with Gasteiger partial charge in [0.2, 0.25) is 0 Å². The van der Waals surface area contributed by atoms with E-state index in [0.29, 0.717) is 6.42 Å². The minimum atomic E-state index is -0.799. The number of hydroxylamine groups is 1. The Morgan fingerprint density at radius 2 is 1.78 bits per heavy atom. The van der Waals surface area contributed by atoms with Gasteiger partial charge in [0, 0.05) is 0 Å². The third-order valence-corrected chi connectivity index (χ3v) is 2.69. The summed E-state index contributed by atoms with van der Waals surface area (Å²) in [5.41, 5.74) is 3.13. The Morgan fingerprint density at radius 3 is 2.28 bits per heavy atom. The second-order valence-electron chi connectivity index (χ2n) is 5.58. The van der Waals surface area contributed by atoms with Crippen molar-refractivity contribution in [3.63, 3.8) is 0 Å². The van der Waals surface area contributed by atoms with Crippen molar-refractivity contribution in [1.82, 2.24) is 5.48 Å². The topological polar surface area (TPSA) is 38.3 Å². The van der Waals surface area contributed by atoms with Gasteiger partial charge in [-0.05, 0) is 39.7 Å². The van der Waals surface area contributed by atoms with Gasteiger partial charge >= 0.3 is 0 Å². The highest BCUT2D eigenvalue weighted by atomic mass is 32.1. The van der Waals surface area contributed by atoms with Gasteiger partial charge in [-0.3, -0.25) is 9.63 Å². The summed E-state index contributed by atoms with van der Waals surface area (Å²) in [7, 11) is 0. The molecule has 0 heterocycles. The molecule has 0 aliphatic heterocycles. The van der Waals surface area contributed by atoms with Crippen LogP contribution in [-0.2, 0) is 16.1 Å². The van der Waals surface area contributed by atoms with Crippen molar-refractivity contribution in [3.05, 3.63) is 35.9 Å². The first-order chi connectivity index (χ1) is 8.21. The average molecular weight is 267 g/mol. The number of nitrogens with one attached hydrogen (secondary N) is 1. The molecular weight excluding hydrogens is 246 g/mol. The monoisotopic (exact) mass is 267 g/mol. The van der Waals surface area contributed by atoms with Crippen molar-refractivity contribution < 1.29 is 9.63 Å². The van der Waals surface area contributed by atoms with E-state index in [-0.39, 0.29) is 5.91 Å². The first-order valence-electron chi connectivity index (χ1n) is 5.95. The van der Waals surface area contributed by atoms with Crippen LogP contribution in [0.2, 0.25) is 0 Å². The van der Waals surface area contributed by atoms with Crippen LogP contribution >= 0.6 is 12.6 Å². The molecule has 0 saturated carbocycles. The van der Waals surface area contributed by atoms with Crippen molar-refractivity contribution in [2.45, 2.75) is 44.5 Å². The van der Waals surface area contributed by atoms with Gasteiger partial charge in [-0.2, -0.15) is 12.6 Å². The molecule has 1 atom stereocenters. The van der Waals surface area contributed by atoms with Gasteiger partial charge in [-0.1, -0.05) is 30.3 Å². The Kier molecular flexibility index (Phi) is 4.82. The summed E-state index contributed by atoms with van der Waals surface area (Å²) in [4.78, 5) is 17.3. The van der Waals surface area contributed by atoms with E-state index in [9.17, 15) is 4.79 Å². The molecule has 0 aliphatic carbocycles. The first kappa shape index (κ1) is 15.1. The Balaban J connectivity index is 2.60. The Bertz CT molecular complexity index is 396. The fourth-order valence-electron chi connectivity index (χ4n) is 1.38. The maximum atomic E-state index is 12.0. The van der Waals surface area contributed by atoms with Gasteiger partial charge in [0.25, 0.3) is 5.91 Å². The summed E-state index contributed by atoms with van der Waals surface area (Å²) in [5.74, 6) is -0.232. The van der Waals surface area contributed by atoms with Crippen LogP contribution in [-0.4, -0.2) is 16.3 Å². The molecule has 0 aliphatic rings. The standard InChI is InChI=1S/C14H21NO2S/c1-13(2,3)17-15-12(16)14(4,18)10-11-8-6-5-7-9-11/h5-9,18H,10H2,1-4H3,(H,15,16)/t14-/m0/s1. The number of amides is 1. The van der Waals surface area contributed by atoms with Crippen LogP contribution in [0.4, 0.5) is 0 Å². The number of rotatable bonds is 4. The number of carbonyl (C=O) groups excluding carboxylic acids is 1. The molecule has 100 valence electrons. The molecule has 1 rings (SSSR count). The van der Waals surface area contributed by atoms with E-state index in [1.54, 1.807) is 6.92 Å². The molecule has 0 unspecified atom stereocenters. The molecule has 3 nitrogen and oxygen atoms in total. The molecule has 0 saturated heterocycles. The van der Waals surface area contributed by atoms with Gasteiger partial charge in [0.15, 0.2) is 0 Å². The molecule has 1 amide bonds. The van der Waals surface area contributed by atoms with E-state index in [2.05, 4.69) is 18.1 Å². The highest BCUT2D eigenvalue weighted by Gasteiger charge is 2.30. The molecule has 4 heteroatoms. The summed E-state index contributed by atoms with van der Waals surface area (Å²) in [6, 6.07) is 9.80. The van der Waals surface area contributed by atoms with E-state index in [1.807, 2.05) is 51.1 Å². The highest BCUT2D eigenvalue weighted by Crippen LogP contribution is 2.21. The predicted octanol–water partition coefficient (Wildman–Crippen LogP) is 2.76. The van der Waals surface area contributed by atoms with E-state index in [0.717, 1.165) is 5.56 Å². The second kappa shape index (κ2) is 5.76. The number of thiol groups is 1. The molecule has 0 bridgehead atoms. The highest BCUT2D eigenvalue weighted by molar-refractivity contribution is 7.82. The van der Waals surface area contributed by atoms with Gasteiger partial charge in [0.1, 0.15) is 0 Å². The molecule has 1 aromatic rings. The van der Waals surface area contributed by atoms with Crippen LogP contribution < -0.4 is 5.48 Å². The normalized spacial score (nSPS) is 14.9. The first-order valence-corrected chi connectivity index (χ1v) is 6.40. The lowest BCUT2D eigenvalue weighted by molar-refractivity contribution is -0.147. The lowest BCUT2D eigenvalue weighted by atomic mass is 10.00. The Morgan fingerprint density at radius 1 is 1.22 bits per heavy atom. The SMILES string of the molecule is CC(C)(C)ONC(=O)[C@@](C)(S)Cc1ccccc1. The second-order valence-corrected chi connectivity index (χ2v) is 6.57. The number of hydrogen-bond acceptors (Lipinski definition) is 3. The summed E-state index contributed by atoms with van der Waals surface area (Å²) < 4.78 is -0.799. The zero-order chi connectivity index (χ0) is 13.8. The van der Waals surface area contributed by atoms with Gasteiger partial charge in [0.05, 0.1) is 10.3 Å². The van der Waals surface area contributed by atoms with Gasteiger partial charge < -0.3 is 0 Å². The van der Waals surface area contributed by atoms with E-state index >= 15 is 0 Å². The van der Waals surface area contributed by atoms with Crippen molar-refractivity contribution in [3.8, 4) is 0 Å². The van der Waals surface area contributed by atoms with Gasteiger partial charge in [-0.15, -0.1) is 0 Å². The van der Waals surface area contributed by atoms with Crippen LogP contribution in [0, 0.1) is 0 Å². The largest absolute Gasteiger partial charge is 0.271 e. The van der Waals surface area contributed by atoms with E-state index in [4.69, 9.17) is 4.84 Å². The Labute approximate surface area is 114 Å². The third kappa shape index (κ3) is 5.10. The van der Waals surface area contributed by atoms with Crippen molar-refractivity contribution in [2.75, 3.05) is 0 Å². The average Bonchev–Trinajstić information content (AvgIpc) is 2.25. The molecule has 1 N–H and O–H groups in total. The summed E-state index contributed by atoms with van der Waals surface area (Å²) in [5, 5.41) is 0. The van der Waals surface area contributed by atoms with Gasteiger partial charge in [-0.25, -0.2) is 5.48 Å². The van der Waals surface area contributed by atoms with Crippen molar-refractivity contribution >= 4 is 18.5 Å². The fourth-order valence-corrected chi connectivity index (χ4v) is 1.61. The van der Waals surface area contributed by atoms with Crippen LogP contribution in [0.3, 0.4) is 0 Å². The quantitative estimate of drug-likeness (QED) is 0.650. The van der Waals surface area contributed by atoms with Crippen molar-refractivity contribution in [1.29, 1.82) is 0 Å². The van der Waals surface area contributed by atoms with Crippen molar-refractivity contribution in [2.24, 2.45) is 0 Å². The minimum Gasteiger partial charge on any atom is -0.271 e. The molecule has 1 aromatic carbocycles. The number of hydrogen-bond donors (Lipinski definition) is 2. The molecule has 18 heavy (non-hydrogen) atoms. The minimum absolute atomic E-state index is 0.232. The molecular formula is C14H21NO2S. The van der Waals surface area contributed by atoms with E-state index < -0.39 is 10.3 Å². The van der Waals surface area contributed by atoms with E-state index in [1.165, 1.54) is 0 Å². The zero-order valence-electron chi connectivity index (χ0n) is 11.4.